The van der Waals surface area contributed by atoms with Gasteiger partial charge in [0.05, 0.1) is 0 Å². The largest absolute Gasteiger partial charge is 0.382 e. The van der Waals surface area contributed by atoms with Crippen LogP contribution in [0.4, 0.5) is 5.82 Å². The molecule has 2 aromatic rings. The lowest BCUT2D eigenvalue weighted by Crippen LogP contribution is -1.98. The van der Waals surface area contributed by atoms with Gasteiger partial charge in [-0.05, 0) is 31.2 Å². The summed E-state index contributed by atoms with van der Waals surface area (Å²) >= 11 is 0. The zero-order valence-corrected chi connectivity index (χ0v) is 12.2. The van der Waals surface area contributed by atoms with Crippen molar-refractivity contribution in [3.8, 4) is 11.1 Å². The van der Waals surface area contributed by atoms with E-state index < -0.39 is 0 Å². The van der Waals surface area contributed by atoms with E-state index in [2.05, 4.69) is 41.4 Å². The summed E-state index contributed by atoms with van der Waals surface area (Å²) in [5, 5.41) is 7.36. The van der Waals surface area contributed by atoms with Crippen LogP contribution in [-0.4, -0.2) is 10.2 Å². The maximum atomic E-state index is 6.06. The molecule has 106 valence electrons. The molecule has 1 aliphatic rings. The fraction of sp³-hybridized carbons (Fsp3) is 0.471. The average Bonchev–Trinajstić information content (AvgIpc) is 3.06. The molecule has 20 heavy (non-hydrogen) atoms. The number of nitrogen functional groups attached to an aromatic ring is 1. The summed E-state index contributed by atoms with van der Waals surface area (Å²) < 4.78 is 0. The number of nitrogens with two attached hydrogens (primary N) is 1. The number of rotatable bonds is 4. The molecule has 0 unspecified atom stereocenters. The van der Waals surface area contributed by atoms with Crippen molar-refractivity contribution in [2.75, 3.05) is 5.73 Å². The number of H-pyrrole nitrogens is 1. The lowest BCUT2D eigenvalue weighted by molar-refractivity contribution is 0.501. The van der Waals surface area contributed by atoms with Gasteiger partial charge in [0.15, 0.2) is 5.82 Å². The molecule has 0 bridgehead atoms. The van der Waals surface area contributed by atoms with Gasteiger partial charge in [0.25, 0.3) is 0 Å². The highest BCUT2D eigenvalue weighted by Gasteiger charge is 2.18. The van der Waals surface area contributed by atoms with E-state index in [9.17, 15) is 0 Å². The number of hydrogen-bond donors (Lipinski definition) is 2. The van der Waals surface area contributed by atoms with Crippen LogP contribution in [0.25, 0.3) is 11.1 Å². The molecule has 0 spiro atoms. The lowest BCUT2D eigenvalue weighted by atomic mass is 9.96. The van der Waals surface area contributed by atoms with Gasteiger partial charge in [-0.1, -0.05) is 55.5 Å². The summed E-state index contributed by atoms with van der Waals surface area (Å²) in [6.45, 7) is 2.11. The molecule has 3 N–H and O–H groups in total. The topological polar surface area (TPSA) is 54.7 Å². The minimum Gasteiger partial charge on any atom is -0.382 e. The summed E-state index contributed by atoms with van der Waals surface area (Å²) in [6.07, 6.45) is 7.90. The zero-order valence-electron chi connectivity index (χ0n) is 12.2. The monoisotopic (exact) mass is 269 g/mol. The Hall–Kier alpha value is -1.77. The predicted molar refractivity (Wildman–Crippen MR) is 83.5 cm³/mol. The third kappa shape index (κ3) is 2.72. The second kappa shape index (κ2) is 5.70. The van der Waals surface area contributed by atoms with Gasteiger partial charge in [-0.25, -0.2) is 0 Å². The Kier molecular flexibility index (Phi) is 3.77. The van der Waals surface area contributed by atoms with Crippen molar-refractivity contribution in [3.05, 3.63) is 35.5 Å². The van der Waals surface area contributed by atoms with Gasteiger partial charge in [0.2, 0.25) is 0 Å². The number of anilines is 1. The molecule has 1 aromatic heterocycles. The van der Waals surface area contributed by atoms with Gasteiger partial charge in [-0.3, -0.25) is 5.10 Å². The Morgan fingerprint density at radius 1 is 1.30 bits per heavy atom. The quantitative estimate of drug-likeness (QED) is 0.878. The number of aromatic amines is 1. The van der Waals surface area contributed by atoms with Gasteiger partial charge in [0.1, 0.15) is 0 Å². The van der Waals surface area contributed by atoms with E-state index in [1.165, 1.54) is 48.9 Å². The maximum absolute atomic E-state index is 6.06. The molecular formula is C17H23N3. The van der Waals surface area contributed by atoms with Crippen molar-refractivity contribution in [1.82, 2.24) is 10.2 Å². The second-order valence-corrected chi connectivity index (χ2v) is 6.02. The normalized spacial score (nSPS) is 15.8. The second-order valence-electron chi connectivity index (χ2n) is 6.02. The summed E-state index contributed by atoms with van der Waals surface area (Å²) in [5.41, 5.74) is 10.8. The summed E-state index contributed by atoms with van der Waals surface area (Å²) in [4.78, 5) is 0. The van der Waals surface area contributed by atoms with Crippen LogP contribution in [-0.2, 0) is 6.42 Å². The molecule has 0 atom stereocenters. The van der Waals surface area contributed by atoms with Crippen molar-refractivity contribution in [2.45, 2.75) is 45.4 Å². The highest BCUT2D eigenvalue weighted by atomic mass is 15.2. The molecule has 3 nitrogen and oxygen atoms in total. The van der Waals surface area contributed by atoms with Crippen molar-refractivity contribution >= 4 is 5.82 Å². The van der Waals surface area contributed by atoms with Gasteiger partial charge in [-0.2, -0.15) is 5.10 Å². The Balaban J connectivity index is 1.81. The van der Waals surface area contributed by atoms with Crippen LogP contribution in [0.3, 0.4) is 0 Å². The van der Waals surface area contributed by atoms with E-state index in [0.29, 0.717) is 5.82 Å². The minimum absolute atomic E-state index is 0.622. The van der Waals surface area contributed by atoms with Crippen LogP contribution in [0, 0.1) is 12.8 Å². The highest BCUT2D eigenvalue weighted by molar-refractivity contribution is 5.76. The minimum atomic E-state index is 0.622. The van der Waals surface area contributed by atoms with Crippen molar-refractivity contribution in [2.24, 2.45) is 5.92 Å². The number of aryl methyl sites for hydroxylation is 2. The third-order valence-electron chi connectivity index (χ3n) is 4.45. The van der Waals surface area contributed by atoms with Gasteiger partial charge in [-0.15, -0.1) is 0 Å². The van der Waals surface area contributed by atoms with Gasteiger partial charge < -0.3 is 5.73 Å². The first-order chi connectivity index (χ1) is 9.74. The van der Waals surface area contributed by atoms with E-state index in [1.807, 2.05) is 0 Å². The molecule has 3 heteroatoms. The predicted octanol–water partition coefficient (Wildman–Crippen LogP) is 4.09. The molecule has 0 radical (unpaired) electrons. The van der Waals surface area contributed by atoms with Crippen LogP contribution in [0.15, 0.2) is 24.3 Å². The van der Waals surface area contributed by atoms with E-state index >= 15 is 0 Å². The van der Waals surface area contributed by atoms with Crippen LogP contribution in [0.5, 0.6) is 0 Å². The van der Waals surface area contributed by atoms with Gasteiger partial charge >= 0.3 is 0 Å². The molecule has 0 amide bonds. The van der Waals surface area contributed by atoms with E-state index in [-0.39, 0.29) is 0 Å². The highest BCUT2D eigenvalue weighted by Crippen LogP contribution is 2.32. The van der Waals surface area contributed by atoms with Crippen LogP contribution in [0.1, 0.15) is 43.4 Å². The summed E-state index contributed by atoms with van der Waals surface area (Å²) in [5.74, 6) is 1.52. The Bertz CT molecular complexity index is 580. The Morgan fingerprint density at radius 3 is 2.85 bits per heavy atom. The fourth-order valence-electron chi connectivity index (χ4n) is 3.35. The average molecular weight is 269 g/mol. The lowest BCUT2D eigenvalue weighted by Gasteiger charge is -2.09. The number of aromatic nitrogens is 2. The molecule has 0 saturated heterocycles. The Morgan fingerprint density at radius 2 is 2.10 bits per heavy atom. The van der Waals surface area contributed by atoms with Crippen LogP contribution in [0.2, 0.25) is 0 Å². The molecule has 1 fully saturated rings. The number of nitrogens with one attached hydrogen (secondary N) is 1. The smallest absolute Gasteiger partial charge is 0.153 e. The van der Waals surface area contributed by atoms with E-state index in [0.717, 1.165) is 17.9 Å². The van der Waals surface area contributed by atoms with Crippen molar-refractivity contribution in [3.63, 3.8) is 0 Å². The van der Waals surface area contributed by atoms with Crippen molar-refractivity contribution < 1.29 is 0 Å². The van der Waals surface area contributed by atoms with Gasteiger partial charge in [0, 0.05) is 11.3 Å². The van der Waals surface area contributed by atoms with Crippen molar-refractivity contribution in [1.29, 1.82) is 0 Å². The third-order valence-corrected chi connectivity index (χ3v) is 4.45. The number of nitrogens with zero attached hydrogens (tertiary/aromatic N) is 1. The fourth-order valence-corrected chi connectivity index (χ4v) is 3.35. The standard InChI is InChI=1S/C17H23N3/c1-12-5-4-8-14(11-12)16-15(19-20-17(16)18)10-9-13-6-2-3-7-13/h4-5,8,11,13H,2-3,6-7,9-10H2,1H3,(H3,18,19,20). The SMILES string of the molecule is Cc1cccc(-c2c(N)n[nH]c2CCC2CCCC2)c1. The Labute approximate surface area is 120 Å². The molecule has 1 aromatic carbocycles. The maximum Gasteiger partial charge on any atom is 0.153 e. The molecule has 1 heterocycles. The van der Waals surface area contributed by atoms with E-state index in [4.69, 9.17) is 5.73 Å². The van der Waals surface area contributed by atoms with Crippen LogP contribution >= 0.6 is 0 Å². The zero-order chi connectivity index (χ0) is 13.9. The number of benzene rings is 1. The first-order valence-electron chi connectivity index (χ1n) is 7.64. The molecule has 1 saturated carbocycles. The first-order valence-corrected chi connectivity index (χ1v) is 7.64. The molecular weight excluding hydrogens is 246 g/mol. The van der Waals surface area contributed by atoms with E-state index in [1.54, 1.807) is 0 Å². The first kappa shape index (κ1) is 13.2. The summed E-state index contributed by atoms with van der Waals surface area (Å²) in [6, 6.07) is 8.49. The molecule has 1 aliphatic carbocycles. The molecule has 3 rings (SSSR count). The van der Waals surface area contributed by atoms with Crippen LogP contribution < -0.4 is 5.73 Å². The molecule has 0 aliphatic heterocycles. The summed E-state index contributed by atoms with van der Waals surface area (Å²) in [7, 11) is 0. The number of hydrogen-bond acceptors (Lipinski definition) is 2.